The van der Waals surface area contributed by atoms with Crippen molar-refractivity contribution in [3.8, 4) is 0 Å². The summed E-state index contributed by atoms with van der Waals surface area (Å²) in [5.74, 6) is -0.386. The highest BCUT2D eigenvalue weighted by Crippen LogP contribution is 2.27. The molecule has 13 heavy (non-hydrogen) atoms. The van der Waals surface area contributed by atoms with E-state index >= 15 is 0 Å². The number of primary amides is 1. The second kappa shape index (κ2) is 3.27. The lowest BCUT2D eigenvalue weighted by Gasteiger charge is -2.32. The van der Waals surface area contributed by atoms with Gasteiger partial charge in [0.05, 0.1) is 0 Å². The molecule has 1 saturated heterocycles. The number of nitrogens with zero attached hydrogens (tertiary/aromatic N) is 1. The van der Waals surface area contributed by atoms with Crippen LogP contribution in [0.1, 0.15) is 27.2 Å². The van der Waals surface area contributed by atoms with Gasteiger partial charge in [0.1, 0.15) is 5.54 Å². The zero-order valence-electron chi connectivity index (χ0n) is 8.58. The molecule has 0 aromatic heterocycles. The number of carbonyl (C=O) groups is 1. The third kappa shape index (κ3) is 1.56. The lowest BCUT2D eigenvalue weighted by atomic mass is 9.92. The van der Waals surface area contributed by atoms with Crippen LogP contribution in [0, 0.1) is 0 Å². The summed E-state index contributed by atoms with van der Waals surface area (Å²) in [6, 6.07) is 0.463. The van der Waals surface area contributed by atoms with Crippen LogP contribution in [-0.2, 0) is 4.79 Å². The lowest BCUT2D eigenvalue weighted by molar-refractivity contribution is -0.123. The molecule has 4 N–H and O–H groups in total. The number of amides is 1. The van der Waals surface area contributed by atoms with Crippen LogP contribution in [0.25, 0.3) is 0 Å². The predicted molar refractivity (Wildman–Crippen MR) is 52.0 cm³/mol. The van der Waals surface area contributed by atoms with Crippen molar-refractivity contribution in [1.82, 2.24) is 4.90 Å². The Hall–Kier alpha value is -0.610. The first kappa shape index (κ1) is 10.5. The predicted octanol–water partition coefficient (Wildman–Crippen LogP) is -0.328. The summed E-state index contributed by atoms with van der Waals surface area (Å²) >= 11 is 0. The van der Waals surface area contributed by atoms with Gasteiger partial charge in [-0.1, -0.05) is 0 Å². The van der Waals surface area contributed by atoms with Gasteiger partial charge < -0.3 is 11.5 Å². The summed E-state index contributed by atoms with van der Waals surface area (Å²) in [5.41, 5.74) is 10.4. The van der Waals surface area contributed by atoms with E-state index in [-0.39, 0.29) is 11.9 Å². The van der Waals surface area contributed by atoms with Crippen molar-refractivity contribution in [3.05, 3.63) is 0 Å². The molecule has 1 amide bonds. The standard InChI is InChI=1S/C9H19N3O/c1-6(2)12-5-4-9(11,7(12)3)8(10)13/h6-7H,4-5,11H2,1-3H3,(H2,10,13). The first-order valence-electron chi connectivity index (χ1n) is 4.74. The summed E-state index contributed by atoms with van der Waals surface area (Å²) in [5, 5.41) is 0. The minimum absolute atomic E-state index is 0.0463. The van der Waals surface area contributed by atoms with Crippen LogP contribution in [0.2, 0.25) is 0 Å². The van der Waals surface area contributed by atoms with Crippen LogP contribution in [0.3, 0.4) is 0 Å². The summed E-state index contributed by atoms with van der Waals surface area (Å²) < 4.78 is 0. The monoisotopic (exact) mass is 185 g/mol. The molecule has 0 radical (unpaired) electrons. The molecule has 0 aromatic rings. The fourth-order valence-electron chi connectivity index (χ4n) is 2.05. The molecule has 0 aromatic carbocycles. The molecule has 1 aliphatic rings. The quantitative estimate of drug-likeness (QED) is 0.619. The van der Waals surface area contributed by atoms with Crippen LogP contribution in [0.4, 0.5) is 0 Å². The van der Waals surface area contributed by atoms with Crippen molar-refractivity contribution >= 4 is 5.91 Å². The van der Waals surface area contributed by atoms with Gasteiger partial charge in [-0.05, 0) is 27.2 Å². The van der Waals surface area contributed by atoms with Gasteiger partial charge in [-0.2, -0.15) is 0 Å². The van der Waals surface area contributed by atoms with Crippen LogP contribution in [0.15, 0.2) is 0 Å². The third-order valence-electron chi connectivity index (χ3n) is 3.15. The molecule has 0 saturated carbocycles. The molecule has 1 heterocycles. The molecule has 2 unspecified atom stereocenters. The maximum Gasteiger partial charge on any atom is 0.239 e. The second-order valence-electron chi connectivity index (χ2n) is 4.16. The molecular weight excluding hydrogens is 166 g/mol. The number of likely N-dealkylation sites (tertiary alicyclic amines) is 1. The van der Waals surface area contributed by atoms with E-state index in [1.54, 1.807) is 0 Å². The Balaban J connectivity index is 2.81. The van der Waals surface area contributed by atoms with Gasteiger partial charge in [0.15, 0.2) is 0 Å². The van der Waals surface area contributed by atoms with Gasteiger partial charge in [0, 0.05) is 18.6 Å². The van der Waals surface area contributed by atoms with Gasteiger partial charge in [-0.3, -0.25) is 9.69 Å². The van der Waals surface area contributed by atoms with Crippen molar-refractivity contribution < 1.29 is 4.79 Å². The Morgan fingerprint density at radius 3 is 2.38 bits per heavy atom. The third-order valence-corrected chi connectivity index (χ3v) is 3.15. The Labute approximate surface area is 79.3 Å². The van der Waals surface area contributed by atoms with Crippen LogP contribution < -0.4 is 11.5 Å². The van der Waals surface area contributed by atoms with Gasteiger partial charge in [-0.15, -0.1) is 0 Å². The molecule has 4 heteroatoms. The maximum absolute atomic E-state index is 11.2. The summed E-state index contributed by atoms with van der Waals surface area (Å²) in [6.07, 6.45) is 0.668. The SMILES string of the molecule is CC(C)N1CCC(N)(C(N)=O)C1C. The average Bonchev–Trinajstić information content (AvgIpc) is 2.30. The molecule has 0 spiro atoms. The molecule has 76 valence electrons. The molecule has 4 nitrogen and oxygen atoms in total. The Morgan fingerprint density at radius 1 is 1.62 bits per heavy atom. The topological polar surface area (TPSA) is 72.3 Å². The highest BCUT2D eigenvalue weighted by Gasteiger charge is 2.46. The Morgan fingerprint density at radius 2 is 2.15 bits per heavy atom. The smallest absolute Gasteiger partial charge is 0.239 e. The number of hydrogen-bond acceptors (Lipinski definition) is 3. The molecule has 1 fully saturated rings. The normalized spacial score (nSPS) is 35.6. The van der Waals surface area contributed by atoms with E-state index in [9.17, 15) is 4.79 Å². The lowest BCUT2D eigenvalue weighted by Crippen LogP contribution is -2.59. The van der Waals surface area contributed by atoms with Crippen molar-refractivity contribution in [2.24, 2.45) is 11.5 Å². The second-order valence-corrected chi connectivity index (χ2v) is 4.16. The number of nitrogens with two attached hydrogens (primary N) is 2. The van der Waals surface area contributed by atoms with E-state index in [1.807, 2.05) is 6.92 Å². The van der Waals surface area contributed by atoms with E-state index in [0.29, 0.717) is 12.5 Å². The first-order valence-corrected chi connectivity index (χ1v) is 4.74. The van der Waals surface area contributed by atoms with E-state index < -0.39 is 5.54 Å². The fourth-order valence-corrected chi connectivity index (χ4v) is 2.05. The van der Waals surface area contributed by atoms with Gasteiger partial charge >= 0.3 is 0 Å². The summed E-state index contributed by atoms with van der Waals surface area (Å²) in [6.45, 7) is 7.03. The molecule has 1 rings (SSSR count). The van der Waals surface area contributed by atoms with Gasteiger partial charge in [0.2, 0.25) is 5.91 Å². The van der Waals surface area contributed by atoms with E-state index in [2.05, 4.69) is 18.7 Å². The van der Waals surface area contributed by atoms with Crippen LogP contribution in [0.5, 0.6) is 0 Å². The van der Waals surface area contributed by atoms with Crippen molar-refractivity contribution in [1.29, 1.82) is 0 Å². The van der Waals surface area contributed by atoms with Crippen molar-refractivity contribution in [3.63, 3.8) is 0 Å². The molecular formula is C9H19N3O. The average molecular weight is 185 g/mol. The number of hydrogen-bond donors (Lipinski definition) is 2. The number of rotatable bonds is 2. The molecule has 0 bridgehead atoms. The van der Waals surface area contributed by atoms with Gasteiger partial charge in [-0.25, -0.2) is 0 Å². The summed E-state index contributed by atoms with van der Waals surface area (Å²) in [7, 11) is 0. The van der Waals surface area contributed by atoms with Gasteiger partial charge in [0.25, 0.3) is 0 Å². The highest BCUT2D eigenvalue weighted by atomic mass is 16.1. The molecule has 0 aliphatic carbocycles. The number of carbonyl (C=O) groups excluding carboxylic acids is 1. The molecule has 1 aliphatic heterocycles. The van der Waals surface area contributed by atoms with E-state index in [4.69, 9.17) is 11.5 Å². The molecule has 2 atom stereocenters. The largest absolute Gasteiger partial charge is 0.368 e. The van der Waals surface area contributed by atoms with E-state index in [1.165, 1.54) is 0 Å². The minimum Gasteiger partial charge on any atom is -0.368 e. The fraction of sp³-hybridized carbons (Fsp3) is 0.889. The zero-order chi connectivity index (χ0) is 10.2. The first-order chi connectivity index (χ1) is 5.89. The minimum atomic E-state index is -0.829. The van der Waals surface area contributed by atoms with Crippen LogP contribution >= 0.6 is 0 Å². The highest BCUT2D eigenvalue weighted by molar-refractivity contribution is 5.85. The van der Waals surface area contributed by atoms with E-state index in [0.717, 1.165) is 6.54 Å². The Bertz CT molecular complexity index is 217. The summed E-state index contributed by atoms with van der Waals surface area (Å²) in [4.78, 5) is 13.4. The van der Waals surface area contributed by atoms with Crippen molar-refractivity contribution in [2.75, 3.05) is 6.54 Å². The van der Waals surface area contributed by atoms with Crippen LogP contribution in [-0.4, -0.2) is 35.0 Å². The Kier molecular flexibility index (Phi) is 2.63. The van der Waals surface area contributed by atoms with Crippen molar-refractivity contribution in [2.45, 2.75) is 44.8 Å². The zero-order valence-corrected chi connectivity index (χ0v) is 8.58. The maximum atomic E-state index is 11.2.